The smallest absolute Gasteiger partial charge is 0.233 e. The standard InChI is InChI=1S/C12H17NOS/c1-9(2)13-12(14)10(3)15-11-7-5-4-6-8-11/h4-10H,1-3H3,(H,13,14)/t10-/m1/s1. The fourth-order valence-corrected chi connectivity index (χ4v) is 2.06. The molecule has 1 N–H and O–H groups in total. The summed E-state index contributed by atoms with van der Waals surface area (Å²) in [5.41, 5.74) is 0. The molecular weight excluding hydrogens is 206 g/mol. The van der Waals surface area contributed by atoms with Crippen molar-refractivity contribution in [3.63, 3.8) is 0 Å². The lowest BCUT2D eigenvalue weighted by molar-refractivity contribution is -0.120. The molecule has 1 atom stereocenters. The van der Waals surface area contributed by atoms with Gasteiger partial charge in [0.15, 0.2) is 0 Å². The summed E-state index contributed by atoms with van der Waals surface area (Å²) in [7, 11) is 0. The highest BCUT2D eigenvalue weighted by molar-refractivity contribution is 8.00. The second-order valence-corrected chi connectivity index (χ2v) is 5.15. The number of hydrogen-bond donors (Lipinski definition) is 1. The first-order valence-corrected chi connectivity index (χ1v) is 5.99. The molecule has 1 rings (SSSR count). The van der Waals surface area contributed by atoms with Gasteiger partial charge in [-0.3, -0.25) is 4.79 Å². The Morgan fingerprint density at radius 1 is 1.20 bits per heavy atom. The Balaban J connectivity index is 2.49. The van der Waals surface area contributed by atoms with Gasteiger partial charge in [0.2, 0.25) is 5.91 Å². The SMILES string of the molecule is CC(C)NC(=O)[C@@H](C)Sc1ccccc1. The second kappa shape index (κ2) is 5.81. The lowest BCUT2D eigenvalue weighted by atomic mass is 10.3. The first kappa shape index (κ1) is 12.1. The molecule has 15 heavy (non-hydrogen) atoms. The van der Waals surface area contributed by atoms with Gasteiger partial charge in [-0.1, -0.05) is 18.2 Å². The van der Waals surface area contributed by atoms with Crippen molar-refractivity contribution in [1.82, 2.24) is 5.32 Å². The van der Waals surface area contributed by atoms with E-state index >= 15 is 0 Å². The van der Waals surface area contributed by atoms with Crippen molar-refractivity contribution in [2.45, 2.75) is 37.0 Å². The molecule has 2 nitrogen and oxygen atoms in total. The van der Waals surface area contributed by atoms with Crippen molar-refractivity contribution in [3.8, 4) is 0 Å². The molecule has 0 saturated heterocycles. The number of thioether (sulfide) groups is 1. The number of carbonyl (C=O) groups excluding carboxylic acids is 1. The number of benzene rings is 1. The van der Waals surface area contributed by atoms with E-state index in [4.69, 9.17) is 0 Å². The first-order chi connectivity index (χ1) is 7.09. The third-order valence-corrected chi connectivity index (χ3v) is 2.97. The van der Waals surface area contributed by atoms with E-state index in [1.165, 1.54) is 0 Å². The van der Waals surface area contributed by atoms with E-state index in [-0.39, 0.29) is 17.2 Å². The second-order valence-electron chi connectivity index (χ2n) is 3.74. The van der Waals surface area contributed by atoms with E-state index in [1.807, 2.05) is 51.1 Å². The van der Waals surface area contributed by atoms with Crippen LogP contribution < -0.4 is 5.32 Å². The molecule has 0 aliphatic carbocycles. The molecule has 0 bridgehead atoms. The molecule has 0 fully saturated rings. The predicted octanol–water partition coefficient (Wildman–Crippen LogP) is 2.69. The highest BCUT2D eigenvalue weighted by atomic mass is 32.2. The summed E-state index contributed by atoms with van der Waals surface area (Å²) in [5, 5.41) is 2.86. The molecule has 82 valence electrons. The maximum absolute atomic E-state index is 11.6. The lowest BCUT2D eigenvalue weighted by Gasteiger charge is -2.13. The molecule has 3 heteroatoms. The van der Waals surface area contributed by atoms with Crippen LogP contribution in [0.4, 0.5) is 0 Å². The minimum atomic E-state index is -0.0465. The Hall–Kier alpha value is -0.960. The van der Waals surface area contributed by atoms with Gasteiger partial charge in [-0.05, 0) is 32.9 Å². The van der Waals surface area contributed by atoms with Gasteiger partial charge in [-0.15, -0.1) is 11.8 Å². The van der Waals surface area contributed by atoms with Crippen molar-refractivity contribution in [3.05, 3.63) is 30.3 Å². The number of rotatable bonds is 4. The van der Waals surface area contributed by atoms with Crippen LogP contribution in [-0.4, -0.2) is 17.2 Å². The fraction of sp³-hybridized carbons (Fsp3) is 0.417. The van der Waals surface area contributed by atoms with Crippen molar-refractivity contribution in [2.75, 3.05) is 0 Å². The quantitative estimate of drug-likeness (QED) is 0.795. The summed E-state index contributed by atoms with van der Waals surface area (Å²) in [5.74, 6) is 0.0962. The summed E-state index contributed by atoms with van der Waals surface area (Å²) < 4.78 is 0. The average Bonchev–Trinajstić information content (AvgIpc) is 2.18. The van der Waals surface area contributed by atoms with E-state index in [9.17, 15) is 4.79 Å². The molecule has 1 aromatic rings. The largest absolute Gasteiger partial charge is 0.353 e. The normalized spacial score (nSPS) is 12.5. The van der Waals surface area contributed by atoms with Gasteiger partial charge in [0.1, 0.15) is 0 Å². The number of amides is 1. The van der Waals surface area contributed by atoms with E-state index in [2.05, 4.69) is 5.32 Å². The van der Waals surface area contributed by atoms with Gasteiger partial charge >= 0.3 is 0 Å². The van der Waals surface area contributed by atoms with Gasteiger partial charge in [0.25, 0.3) is 0 Å². The maximum atomic E-state index is 11.6. The van der Waals surface area contributed by atoms with Crippen LogP contribution >= 0.6 is 11.8 Å². The van der Waals surface area contributed by atoms with Crippen LogP contribution in [0.15, 0.2) is 35.2 Å². The van der Waals surface area contributed by atoms with Crippen LogP contribution in [0.5, 0.6) is 0 Å². The highest BCUT2D eigenvalue weighted by Crippen LogP contribution is 2.22. The zero-order valence-corrected chi connectivity index (χ0v) is 10.2. The number of carbonyl (C=O) groups is 1. The van der Waals surface area contributed by atoms with E-state index < -0.39 is 0 Å². The van der Waals surface area contributed by atoms with Crippen LogP contribution in [0, 0.1) is 0 Å². The van der Waals surface area contributed by atoms with E-state index in [0.717, 1.165) is 4.90 Å². The third kappa shape index (κ3) is 4.38. The minimum absolute atomic E-state index is 0.0465. The van der Waals surface area contributed by atoms with Gasteiger partial charge in [0, 0.05) is 10.9 Å². The molecule has 0 saturated carbocycles. The molecule has 0 unspecified atom stereocenters. The molecule has 0 aromatic heterocycles. The molecule has 0 aliphatic rings. The Bertz CT molecular complexity index is 311. The van der Waals surface area contributed by atoms with Gasteiger partial charge < -0.3 is 5.32 Å². The third-order valence-electron chi connectivity index (χ3n) is 1.86. The average molecular weight is 223 g/mol. The van der Waals surface area contributed by atoms with E-state index in [1.54, 1.807) is 11.8 Å². The Morgan fingerprint density at radius 2 is 1.80 bits per heavy atom. The van der Waals surface area contributed by atoms with E-state index in [0.29, 0.717) is 0 Å². The molecule has 1 amide bonds. The van der Waals surface area contributed by atoms with Gasteiger partial charge in [-0.2, -0.15) is 0 Å². The Kier molecular flexibility index (Phi) is 4.69. The summed E-state index contributed by atoms with van der Waals surface area (Å²) in [6, 6.07) is 10.2. The van der Waals surface area contributed by atoms with Crippen LogP contribution in [0.3, 0.4) is 0 Å². The first-order valence-electron chi connectivity index (χ1n) is 5.11. The van der Waals surface area contributed by atoms with Crippen LogP contribution in [0.2, 0.25) is 0 Å². The summed E-state index contributed by atoms with van der Waals surface area (Å²) >= 11 is 1.58. The van der Waals surface area contributed by atoms with Crippen LogP contribution in [0.1, 0.15) is 20.8 Å². The molecular formula is C12H17NOS. The van der Waals surface area contributed by atoms with Crippen molar-refractivity contribution >= 4 is 17.7 Å². The Labute approximate surface area is 95.5 Å². The Morgan fingerprint density at radius 3 is 2.33 bits per heavy atom. The van der Waals surface area contributed by atoms with Crippen molar-refractivity contribution in [1.29, 1.82) is 0 Å². The monoisotopic (exact) mass is 223 g/mol. The summed E-state index contributed by atoms with van der Waals surface area (Å²) in [6.07, 6.45) is 0. The maximum Gasteiger partial charge on any atom is 0.233 e. The van der Waals surface area contributed by atoms with Crippen LogP contribution in [0.25, 0.3) is 0 Å². The molecule has 1 aromatic carbocycles. The minimum Gasteiger partial charge on any atom is -0.353 e. The highest BCUT2D eigenvalue weighted by Gasteiger charge is 2.14. The van der Waals surface area contributed by atoms with Crippen LogP contribution in [-0.2, 0) is 4.79 Å². The van der Waals surface area contributed by atoms with Gasteiger partial charge in [0.05, 0.1) is 5.25 Å². The zero-order chi connectivity index (χ0) is 11.3. The summed E-state index contributed by atoms with van der Waals surface area (Å²) in [4.78, 5) is 12.8. The fourth-order valence-electron chi connectivity index (χ4n) is 1.16. The number of hydrogen-bond acceptors (Lipinski definition) is 2. The molecule has 0 spiro atoms. The lowest BCUT2D eigenvalue weighted by Crippen LogP contribution is -2.35. The molecule has 0 heterocycles. The predicted molar refractivity (Wildman–Crippen MR) is 65.0 cm³/mol. The molecule has 0 radical (unpaired) electrons. The summed E-state index contributed by atoms with van der Waals surface area (Å²) in [6.45, 7) is 5.87. The van der Waals surface area contributed by atoms with Gasteiger partial charge in [-0.25, -0.2) is 0 Å². The molecule has 0 aliphatic heterocycles. The number of nitrogens with one attached hydrogen (secondary N) is 1. The topological polar surface area (TPSA) is 29.1 Å². The zero-order valence-electron chi connectivity index (χ0n) is 9.36. The van der Waals surface area contributed by atoms with Crippen molar-refractivity contribution < 1.29 is 4.79 Å². The van der Waals surface area contributed by atoms with Crippen molar-refractivity contribution in [2.24, 2.45) is 0 Å².